The third-order valence-corrected chi connectivity index (χ3v) is 3.43. The topological polar surface area (TPSA) is 30.5 Å². The molecule has 0 aliphatic rings. The van der Waals surface area contributed by atoms with Gasteiger partial charge in [-0.1, -0.05) is 36.8 Å². The molecule has 114 valence electrons. The molecule has 20 heavy (non-hydrogen) atoms. The first kappa shape index (κ1) is 17.2. The Kier molecular flexibility index (Phi) is 9.29. The van der Waals surface area contributed by atoms with Crippen molar-refractivity contribution in [3.8, 4) is 0 Å². The fourth-order valence-corrected chi connectivity index (χ4v) is 2.18. The molecule has 1 N–H and O–H groups in total. The van der Waals surface area contributed by atoms with E-state index in [0.29, 0.717) is 19.1 Å². The predicted molar refractivity (Wildman–Crippen MR) is 84.2 cm³/mol. The molecule has 0 aliphatic heterocycles. The Morgan fingerprint density at radius 3 is 2.50 bits per heavy atom. The lowest BCUT2D eigenvalue weighted by Crippen LogP contribution is -2.25. The van der Waals surface area contributed by atoms with Crippen LogP contribution in [0.2, 0.25) is 0 Å². The standard InChI is InChI=1S/C17H29NO2/c1-4-18-14-17(9-10-20-12-11-19-3)13-16-7-5-15(2)6-8-16/h5-8,17-18H,4,9-14H2,1-3H3. The molecule has 0 bridgehead atoms. The van der Waals surface area contributed by atoms with Crippen LogP contribution in [0.25, 0.3) is 0 Å². The smallest absolute Gasteiger partial charge is 0.0700 e. The summed E-state index contributed by atoms with van der Waals surface area (Å²) in [4.78, 5) is 0. The van der Waals surface area contributed by atoms with Crippen molar-refractivity contribution in [1.82, 2.24) is 5.32 Å². The number of nitrogens with one attached hydrogen (secondary N) is 1. The van der Waals surface area contributed by atoms with Crippen molar-refractivity contribution >= 4 is 0 Å². The van der Waals surface area contributed by atoms with E-state index in [1.807, 2.05) is 0 Å². The highest BCUT2D eigenvalue weighted by atomic mass is 16.5. The van der Waals surface area contributed by atoms with Crippen LogP contribution in [0.3, 0.4) is 0 Å². The molecule has 0 aliphatic carbocycles. The molecule has 0 fully saturated rings. The van der Waals surface area contributed by atoms with Crippen LogP contribution in [0.1, 0.15) is 24.5 Å². The summed E-state index contributed by atoms with van der Waals surface area (Å²) in [6, 6.07) is 8.85. The molecule has 1 unspecified atom stereocenters. The van der Waals surface area contributed by atoms with Crippen LogP contribution in [0.4, 0.5) is 0 Å². The Balaban J connectivity index is 2.36. The van der Waals surface area contributed by atoms with Crippen molar-refractivity contribution in [1.29, 1.82) is 0 Å². The second-order valence-corrected chi connectivity index (χ2v) is 5.26. The molecule has 3 nitrogen and oxygen atoms in total. The molecule has 0 aromatic heterocycles. The van der Waals surface area contributed by atoms with Crippen LogP contribution in [0.5, 0.6) is 0 Å². The van der Waals surface area contributed by atoms with Crippen molar-refractivity contribution in [3.05, 3.63) is 35.4 Å². The molecular formula is C17H29NO2. The van der Waals surface area contributed by atoms with Gasteiger partial charge in [-0.25, -0.2) is 0 Å². The zero-order valence-electron chi connectivity index (χ0n) is 13.2. The highest BCUT2D eigenvalue weighted by Gasteiger charge is 2.09. The quantitative estimate of drug-likeness (QED) is 0.632. The Bertz CT molecular complexity index is 337. The van der Waals surface area contributed by atoms with E-state index in [4.69, 9.17) is 9.47 Å². The van der Waals surface area contributed by atoms with E-state index in [0.717, 1.165) is 32.5 Å². The van der Waals surface area contributed by atoms with Gasteiger partial charge in [0.25, 0.3) is 0 Å². The molecule has 1 atom stereocenters. The summed E-state index contributed by atoms with van der Waals surface area (Å²) in [7, 11) is 1.70. The minimum atomic E-state index is 0.625. The minimum Gasteiger partial charge on any atom is -0.382 e. The number of ether oxygens (including phenoxy) is 2. The number of hydrogen-bond acceptors (Lipinski definition) is 3. The van der Waals surface area contributed by atoms with E-state index < -0.39 is 0 Å². The highest BCUT2D eigenvalue weighted by Crippen LogP contribution is 2.13. The second-order valence-electron chi connectivity index (χ2n) is 5.26. The fraction of sp³-hybridized carbons (Fsp3) is 0.647. The first-order chi connectivity index (χ1) is 9.76. The summed E-state index contributed by atoms with van der Waals surface area (Å²) in [5, 5.41) is 3.45. The van der Waals surface area contributed by atoms with E-state index in [9.17, 15) is 0 Å². The first-order valence-electron chi connectivity index (χ1n) is 7.59. The maximum Gasteiger partial charge on any atom is 0.0700 e. The van der Waals surface area contributed by atoms with Crippen molar-refractivity contribution in [2.75, 3.05) is 40.0 Å². The predicted octanol–water partition coefficient (Wildman–Crippen LogP) is 2.82. The molecule has 1 rings (SSSR count). The van der Waals surface area contributed by atoms with E-state index in [-0.39, 0.29) is 0 Å². The summed E-state index contributed by atoms with van der Waals surface area (Å²) in [6.07, 6.45) is 2.20. The van der Waals surface area contributed by atoms with Crippen molar-refractivity contribution < 1.29 is 9.47 Å². The average Bonchev–Trinajstić information content (AvgIpc) is 2.46. The van der Waals surface area contributed by atoms with Crippen LogP contribution in [0.15, 0.2) is 24.3 Å². The molecular weight excluding hydrogens is 250 g/mol. The van der Waals surface area contributed by atoms with E-state index >= 15 is 0 Å². The molecule has 0 saturated heterocycles. The minimum absolute atomic E-state index is 0.625. The third-order valence-electron chi connectivity index (χ3n) is 3.43. The molecule has 0 heterocycles. The second kappa shape index (κ2) is 10.8. The SMILES string of the molecule is CCNCC(CCOCCOC)Cc1ccc(C)cc1. The van der Waals surface area contributed by atoms with Crippen LogP contribution >= 0.6 is 0 Å². The van der Waals surface area contributed by atoms with Crippen molar-refractivity contribution in [2.45, 2.75) is 26.7 Å². The van der Waals surface area contributed by atoms with Gasteiger partial charge in [-0.15, -0.1) is 0 Å². The number of methoxy groups -OCH3 is 1. The number of aryl methyl sites for hydroxylation is 1. The largest absolute Gasteiger partial charge is 0.382 e. The zero-order chi connectivity index (χ0) is 14.6. The summed E-state index contributed by atoms with van der Waals surface area (Å²) >= 11 is 0. The summed E-state index contributed by atoms with van der Waals surface area (Å²) in [5.74, 6) is 0.625. The highest BCUT2D eigenvalue weighted by molar-refractivity contribution is 5.21. The number of benzene rings is 1. The normalized spacial score (nSPS) is 12.6. The van der Waals surface area contributed by atoms with Crippen LogP contribution in [-0.4, -0.2) is 40.0 Å². The monoisotopic (exact) mass is 279 g/mol. The van der Waals surface area contributed by atoms with Gasteiger partial charge < -0.3 is 14.8 Å². The zero-order valence-corrected chi connectivity index (χ0v) is 13.2. The van der Waals surface area contributed by atoms with Crippen molar-refractivity contribution in [2.24, 2.45) is 5.92 Å². The molecule has 3 heteroatoms. The van der Waals surface area contributed by atoms with Gasteiger partial charge in [-0.2, -0.15) is 0 Å². The molecule has 0 saturated carbocycles. The van der Waals surface area contributed by atoms with E-state index in [1.54, 1.807) is 7.11 Å². The number of hydrogen-bond donors (Lipinski definition) is 1. The molecule has 0 spiro atoms. The van der Waals surface area contributed by atoms with Crippen LogP contribution in [0, 0.1) is 12.8 Å². The first-order valence-corrected chi connectivity index (χ1v) is 7.59. The van der Waals surface area contributed by atoms with Gasteiger partial charge in [0.2, 0.25) is 0 Å². The molecule has 0 amide bonds. The lowest BCUT2D eigenvalue weighted by molar-refractivity contribution is 0.0636. The summed E-state index contributed by atoms with van der Waals surface area (Å²) in [5.41, 5.74) is 2.73. The molecule has 0 radical (unpaired) electrons. The number of rotatable bonds is 11. The van der Waals surface area contributed by atoms with Gasteiger partial charge >= 0.3 is 0 Å². The van der Waals surface area contributed by atoms with Crippen molar-refractivity contribution in [3.63, 3.8) is 0 Å². The maximum atomic E-state index is 5.59. The maximum absolute atomic E-state index is 5.59. The molecule has 1 aromatic carbocycles. The Morgan fingerprint density at radius 2 is 1.85 bits per heavy atom. The van der Waals surface area contributed by atoms with Gasteiger partial charge in [0.05, 0.1) is 13.2 Å². The molecule has 1 aromatic rings. The lowest BCUT2D eigenvalue weighted by atomic mass is 9.96. The van der Waals surface area contributed by atoms with Gasteiger partial charge in [-0.05, 0) is 44.3 Å². The Hall–Kier alpha value is -0.900. The van der Waals surface area contributed by atoms with Gasteiger partial charge in [0.15, 0.2) is 0 Å². The third kappa shape index (κ3) is 7.63. The van der Waals surface area contributed by atoms with Crippen LogP contribution in [-0.2, 0) is 15.9 Å². The van der Waals surface area contributed by atoms with Gasteiger partial charge in [0.1, 0.15) is 0 Å². The van der Waals surface area contributed by atoms with Crippen LogP contribution < -0.4 is 5.32 Å². The van der Waals surface area contributed by atoms with Gasteiger partial charge in [-0.3, -0.25) is 0 Å². The lowest BCUT2D eigenvalue weighted by Gasteiger charge is -2.17. The van der Waals surface area contributed by atoms with E-state index in [2.05, 4.69) is 43.4 Å². The summed E-state index contributed by atoms with van der Waals surface area (Å²) in [6.45, 7) is 8.53. The Labute approximate surface area is 123 Å². The van der Waals surface area contributed by atoms with E-state index in [1.165, 1.54) is 11.1 Å². The average molecular weight is 279 g/mol. The Morgan fingerprint density at radius 1 is 1.10 bits per heavy atom. The fourth-order valence-electron chi connectivity index (χ4n) is 2.18. The summed E-state index contributed by atoms with van der Waals surface area (Å²) < 4.78 is 10.6. The van der Waals surface area contributed by atoms with Gasteiger partial charge in [0, 0.05) is 13.7 Å².